The summed E-state index contributed by atoms with van der Waals surface area (Å²) in [6, 6.07) is 24.5. The number of carbonyl (C=O) groups excluding carboxylic acids is 2. The molecule has 1 aromatic heterocycles. The van der Waals surface area contributed by atoms with Crippen molar-refractivity contribution in [1.29, 1.82) is 5.26 Å². The average molecular weight is 578 g/mol. The summed E-state index contributed by atoms with van der Waals surface area (Å²) < 4.78 is 14.6. The second kappa shape index (κ2) is 12.4. The summed E-state index contributed by atoms with van der Waals surface area (Å²) in [5.41, 5.74) is 1.94. The van der Waals surface area contributed by atoms with E-state index in [1.54, 1.807) is 19.1 Å². The zero-order chi connectivity index (χ0) is 30.6. The number of aliphatic hydroxyl groups is 1. The van der Waals surface area contributed by atoms with Gasteiger partial charge in [0.25, 0.3) is 5.91 Å². The van der Waals surface area contributed by atoms with Gasteiger partial charge >= 0.3 is 0 Å². The Labute approximate surface area is 250 Å². The van der Waals surface area contributed by atoms with E-state index in [2.05, 4.69) is 10.3 Å². The van der Waals surface area contributed by atoms with Crippen LogP contribution in [0.2, 0.25) is 0 Å². The molecule has 1 aliphatic rings. The van der Waals surface area contributed by atoms with Gasteiger partial charge in [0.05, 0.1) is 24.4 Å². The van der Waals surface area contributed by atoms with Crippen LogP contribution in [0.3, 0.4) is 0 Å². The zero-order valence-electron chi connectivity index (χ0n) is 23.9. The number of aromatic nitrogens is 1. The Morgan fingerprint density at radius 1 is 1.02 bits per heavy atom. The molecule has 4 aromatic rings. The first-order valence-electron chi connectivity index (χ1n) is 14.0. The van der Waals surface area contributed by atoms with Gasteiger partial charge in [0.15, 0.2) is 6.19 Å². The largest absolute Gasteiger partial charge is 0.388 e. The highest BCUT2D eigenvalue weighted by molar-refractivity contribution is 6.04. The maximum atomic E-state index is 14.6. The molecule has 43 heavy (non-hydrogen) atoms. The summed E-state index contributed by atoms with van der Waals surface area (Å²) in [6.07, 6.45) is 4.37. The van der Waals surface area contributed by atoms with E-state index >= 15 is 0 Å². The van der Waals surface area contributed by atoms with Crippen LogP contribution in [0.5, 0.6) is 0 Å². The lowest BCUT2D eigenvalue weighted by Crippen LogP contribution is -2.50. The molecule has 0 radical (unpaired) electrons. The lowest BCUT2D eigenvalue weighted by Gasteiger charge is -2.35. The maximum Gasteiger partial charge on any atom is 0.251 e. The number of hydrogen-bond acceptors (Lipinski definition) is 6. The molecule has 8 nitrogen and oxygen atoms in total. The predicted molar refractivity (Wildman–Crippen MR) is 161 cm³/mol. The second-order valence-corrected chi connectivity index (χ2v) is 11.0. The van der Waals surface area contributed by atoms with Crippen LogP contribution in [-0.4, -0.2) is 45.0 Å². The minimum absolute atomic E-state index is 0.0197. The van der Waals surface area contributed by atoms with Crippen molar-refractivity contribution in [2.45, 2.75) is 44.0 Å². The van der Waals surface area contributed by atoms with Crippen molar-refractivity contribution in [2.75, 3.05) is 11.4 Å². The van der Waals surface area contributed by atoms with Crippen LogP contribution < -0.4 is 10.2 Å². The van der Waals surface area contributed by atoms with Crippen LogP contribution >= 0.6 is 0 Å². The fourth-order valence-electron chi connectivity index (χ4n) is 5.52. The Bertz CT molecular complexity index is 1620. The number of halogens is 1. The first-order chi connectivity index (χ1) is 20.7. The molecule has 0 spiro atoms. The topological polar surface area (TPSA) is 110 Å². The number of nitrogens with one attached hydrogen (secondary N) is 1. The molecule has 4 unspecified atom stereocenters. The molecule has 5 rings (SSSR count). The molecular weight excluding hydrogens is 545 g/mol. The number of carbonyl (C=O) groups is 2. The molecule has 2 N–H and O–H groups in total. The van der Waals surface area contributed by atoms with E-state index in [1.807, 2.05) is 85.9 Å². The Hall–Kier alpha value is -5.07. The Morgan fingerprint density at radius 3 is 2.28 bits per heavy atom. The van der Waals surface area contributed by atoms with Crippen molar-refractivity contribution < 1.29 is 19.1 Å². The normalized spacial score (nSPS) is 19.2. The number of amides is 2. The van der Waals surface area contributed by atoms with Crippen LogP contribution in [0.25, 0.3) is 11.1 Å². The summed E-state index contributed by atoms with van der Waals surface area (Å²) in [5, 5.41) is 23.6. The average Bonchev–Trinajstić information content (AvgIpc) is 3.34. The monoisotopic (exact) mass is 577 g/mol. The van der Waals surface area contributed by atoms with Crippen LogP contribution in [0.1, 0.15) is 43.5 Å². The Balaban J connectivity index is 1.61. The number of pyridine rings is 1. The van der Waals surface area contributed by atoms with Crippen molar-refractivity contribution in [3.8, 4) is 17.3 Å². The highest BCUT2D eigenvalue weighted by Gasteiger charge is 2.47. The molecular formula is C34H32FN5O3. The summed E-state index contributed by atoms with van der Waals surface area (Å²) in [7, 11) is 0. The minimum atomic E-state index is -1.34. The van der Waals surface area contributed by atoms with Gasteiger partial charge in [0.2, 0.25) is 5.91 Å². The number of likely N-dealkylation sites (tertiary alicyclic amines) is 1. The molecule has 4 atom stereocenters. The first-order valence-corrected chi connectivity index (χ1v) is 14.0. The van der Waals surface area contributed by atoms with E-state index in [4.69, 9.17) is 0 Å². The fourth-order valence-corrected chi connectivity index (χ4v) is 5.52. The third kappa shape index (κ3) is 6.55. The Morgan fingerprint density at radius 2 is 1.65 bits per heavy atom. The predicted octanol–water partition coefficient (Wildman–Crippen LogP) is 5.15. The van der Waals surface area contributed by atoms with Crippen molar-refractivity contribution in [3.05, 3.63) is 120 Å². The first kappa shape index (κ1) is 29.4. The van der Waals surface area contributed by atoms with E-state index in [0.29, 0.717) is 5.69 Å². The maximum absolute atomic E-state index is 14.6. The van der Waals surface area contributed by atoms with E-state index in [-0.39, 0.29) is 18.5 Å². The van der Waals surface area contributed by atoms with Crippen molar-refractivity contribution in [1.82, 2.24) is 15.2 Å². The van der Waals surface area contributed by atoms with Crippen LogP contribution in [0.15, 0.2) is 103 Å². The number of β-amino-alcohol motifs (C(OH)–C–C–N with tert-alkyl or cyclic N) is 1. The van der Waals surface area contributed by atoms with E-state index in [0.717, 1.165) is 22.9 Å². The molecule has 0 saturated carbocycles. The van der Waals surface area contributed by atoms with Crippen molar-refractivity contribution >= 4 is 17.5 Å². The van der Waals surface area contributed by atoms with Gasteiger partial charge in [-0.2, -0.15) is 5.26 Å². The number of anilines is 1. The highest BCUT2D eigenvalue weighted by atomic mass is 19.1. The van der Waals surface area contributed by atoms with Crippen LogP contribution in [0.4, 0.5) is 10.1 Å². The van der Waals surface area contributed by atoms with Gasteiger partial charge < -0.3 is 10.4 Å². The van der Waals surface area contributed by atoms with Gasteiger partial charge in [0, 0.05) is 23.9 Å². The number of benzene rings is 3. The molecule has 1 saturated heterocycles. The number of nitriles is 1. The van der Waals surface area contributed by atoms with Crippen molar-refractivity contribution in [3.63, 3.8) is 0 Å². The van der Waals surface area contributed by atoms with Gasteiger partial charge in [-0.1, -0.05) is 72.8 Å². The molecule has 1 fully saturated rings. The smallest absolute Gasteiger partial charge is 0.251 e. The lowest BCUT2D eigenvalue weighted by atomic mass is 9.98. The molecule has 3 aromatic carbocycles. The van der Waals surface area contributed by atoms with Crippen LogP contribution in [0, 0.1) is 17.3 Å². The van der Waals surface area contributed by atoms with E-state index in [1.165, 1.54) is 22.1 Å². The van der Waals surface area contributed by atoms with Gasteiger partial charge in [-0.25, -0.2) is 4.39 Å². The molecule has 0 aliphatic carbocycles. The highest BCUT2D eigenvalue weighted by Crippen LogP contribution is 2.35. The molecule has 2 heterocycles. The number of hydrogen-bond donors (Lipinski definition) is 2. The fraction of sp³-hybridized carbons (Fsp3) is 0.235. The Kier molecular flexibility index (Phi) is 8.51. The summed E-state index contributed by atoms with van der Waals surface area (Å²) in [5.74, 6) is -1.80. The minimum Gasteiger partial charge on any atom is -0.388 e. The molecule has 1 aliphatic heterocycles. The van der Waals surface area contributed by atoms with Gasteiger partial charge in [-0.05, 0) is 48.7 Å². The second-order valence-electron chi connectivity index (χ2n) is 11.0. The molecule has 2 amide bonds. The summed E-state index contributed by atoms with van der Waals surface area (Å²) >= 11 is 0. The summed E-state index contributed by atoms with van der Waals surface area (Å²) in [6.45, 7) is 3.34. The van der Waals surface area contributed by atoms with Crippen molar-refractivity contribution in [2.24, 2.45) is 0 Å². The number of rotatable bonds is 8. The third-order valence-electron chi connectivity index (χ3n) is 7.63. The molecule has 0 bridgehead atoms. The van der Waals surface area contributed by atoms with Gasteiger partial charge in [0.1, 0.15) is 17.9 Å². The van der Waals surface area contributed by atoms with Gasteiger partial charge in [-0.15, -0.1) is 0 Å². The van der Waals surface area contributed by atoms with Gasteiger partial charge in [-0.3, -0.25) is 24.4 Å². The molecule has 9 heteroatoms. The standard InChI is InChI=1S/C34H32FN5O3/c1-23(24-9-5-3-6-10-24)38-32(41)31(27-17-28(35)20-37-19-27)40(33(42)30-18-34(2,43)21-39(30)22-36)29-15-13-26(14-16-29)25-11-7-4-8-12-25/h3-17,19-20,23,30-31,43H,18,21H2,1-2H3,(H,38,41). The zero-order valence-corrected chi connectivity index (χ0v) is 23.9. The number of nitrogens with zero attached hydrogens (tertiary/aromatic N) is 4. The summed E-state index contributed by atoms with van der Waals surface area (Å²) in [4.78, 5) is 35.1. The van der Waals surface area contributed by atoms with E-state index < -0.39 is 41.4 Å². The molecule has 218 valence electrons. The third-order valence-corrected chi connectivity index (χ3v) is 7.63. The lowest BCUT2D eigenvalue weighted by molar-refractivity contribution is -0.128. The van der Waals surface area contributed by atoms with Crippen LogP contribution in [-0.2, 0) is 9.59 Å². The SMILES string of the molecule is CC(NC(=O)C(c1cncc(F)c1)N(C(=O)C1CC(C)(O)CN1C#N)c1ccc(-c2ccccc2)cc1)c1ccccc1. The van der Waals surface area contributed by atoms with E-state index in [9.17, 15) is 24.3 Å². The quantitative estimate of drug-likeness (QED) is 0.281.